The van der Waals surface area contributed by atoms with Crippen LogP contribution < -0.4 is 5.32 Å². The predicted octanol–water partition coefficient (Wildman–Crippen LogP) is 2.06. The van der Waals surface area contributed by atoms with Crippen molar-refractivity contribution in [1.29, 1.82) is 0 Å². The number of rotatable bonds is 5. The third-order valence-corrected chi connectivity index (χ3v) is 3.30. The zero-order chi connectivity index (χ0) is 13.0. The smallest absolute Gasteiger partial charge is 0.0949 e. The lowest BCUT2D eigenvalue weighted by atomic mass is 10.1. The molecule has 0 spiro atoms. The lowest BCUT2D eigenvalue weighted by Crippen LogP contribution is -2.26. The van der Waals surface area contributed by atoms with Gasteiger partial charge in [0.15, 0.2) is 0 Å². The lowest BCUT2D eigenvalue weighted by Gasteiger charge is -2.18. The molecule has 5 nitrogen and oxygen atoms in total. The van der Waals surface area contributed by atoms with Crippen LogP contribution in [0.3, 0.4) is 0 Å². The number of nitrogens with zero attached hydrogens (tertiary/aromatic N) is 4. The van der Waals surface area contributed by atoms with Gasteiger partial charge in [-0.05, 0) is 28.9 Å². The van der Waals surface area contributed by atoms with Gasteiger partial charge < -0.3 is 5.32 Å². The third kappa shape index (κ3) is 2.76. The van der Waals surface area contributed by atoms with E-state index in [0.717, 1.165) is 28.8 Å². The summed E-state index contributed by atoms with van der Waals surface area (Å²) in [6.07, 6.45) is 8.03. The zero-order valence-electron chi connectivity index (χ0n) is 10.5. The SMILES string of the molecule is CCCNC(c1cnccn1)c1c(Br)cnn1C. The summed E-state index contributed by atoms with van der Waals surface area (Å²) < 4.78 is 2.83. The minimum atomic E-state index is 0.000486. The largest absolute Gasteiger partial charge is 0.304 e. The highest BCUT2D eigenvalue weighted by Gasteiger charge is 2.21. The fraction of sp³-hybridized carbons (Fsp3) is 0.417. The first kappa shape index (κ1) is 13.2. The quantitative estimate of drug-likeness (QED) is 0.918. The molecule has 0 amide bonds. The molecule has 1 N–H and O–H groups in total. The molecule has 0 aliphatic rings. The number of hydrogen-bond acceptors (Lipinski definition) is 4. The maximum Gasteiger partial charge on any atom is 0.0949 e. The average Bonchev–Trinajstić information content (AvgIpc) is 2.72. The van der Waals surface area contributed by atoms with Crippen molar-refractivity contribution in [3.05, 3.63) is 40.6 Å². The number of hydrogen-bond donors (Lipinski definition) is 1. The molecule has 0 radical (unpaired) electrons. The van der Waals surface area contributed by atoms with E-state index in [1.807, 2.05) is 11.7 Å². The standard InChI is InChI=1S/C12H16BrN5/c1-3-4-16-11(10-8-14-5-6-15-10)12-9(13)7-17-18(12)2/h5-8,11,16H,3-4H2,1-2H3. The van der Waals surface area contributed by atoms with Gasteiger partial charge in [0.05, 0.1) is 34.3 Å². The summed E-state index contributed by atoms with van der Waals surface area (Å²) >= 11 is 3.54. The van der Waals surface area contributed by atoms with Crippen LogP contribution in [0.4, 0.5) is 0 Å². The van der Waals surface area contributed by atoms with E-state index in [0.29, 0.717) is 0 Å². The van der Waals surface area contributed by atoms with E-state index in [9.17, 15) is 0 Å². The van der Waals surface area contributed by atoms with E-state index < -0.39 is 0 Å². The minimum Gasteiger partial charge on any atom is -0.304 e. The van der Waals surface area contributed by atoms with Crippen LogP contribution in [-0.4, -0.2) is 26.3 Å². The predicted molar refractivity (Wildman–Crippen MR) is 73.1 cm³/mol. The molecule has 0 aliphatic carbocycles. The molecule has 2 aromatic heterocycles. The summed E-state index contributed by atoms with van der Waals surface area (Å²) in [4.78, 5) is 8.52. The first-order valence-electron chi connectivity index (χ1n) is 5.90. The van der Waals surface area contributed by atoms with Crippen LogP contribution in [0.25, 0.3) is 0 Å². The van der Waals surface area contributed by atoms with Crippen molar-refractivity contribution in [2.75, 3.05) is 6.54 Å². The molecule has 2 heterocycles. The van der Waals surface area contributed by atoms with Gasteiger partial charge >= 0.3 is 0 Å². The third-order valence-electron chi connectivity index (χ3n) is 2.69. The van der Waals surface area contributed by atoms with Crippen LogP contribution >= 0.6 is 15.9 Å². The highest BCUT2D eigenvalue weighted by molar-refractivity contribution is 9.10. The first-order valence-corrected chi connectivity index (χ1v) is 6.70. The molecule has 0 aliphatic heterocycles. The van der Waals surface area contributed by atoms with E-state index >= 15 is 0 Å². The van der Waals surface area contributed by atoms with Gasteiger partial charge in [0.1, 0.15) is 0 Å². The van der Waals surface area contributed by atoms with Gasteiger partial charge in [0.25, 0.3) is 0 Å². The van der Waals surface area contributed by atoms with Crippen molar-refractivity contribution >= 4 is 15.9 Å². The maximum absolute atomic E-state index is 4.38. The number of aryl methyl sites for hydroxylation is 1. The Balaban J connectivity index is 2.37. The van der Waals surface area contributed by atoms with Crippen LogP contribution in [0.2, 0.25) is 0 Å². The monoisotopic (exact) mass is 309 g/mol. The number of aromatic nitrogens is 4. The van der Waals surface area contributed by atoms with E-state index in [1.165, 1.54) is 0 Å². The Morgan fingerprint density at radius 1 is 1.39 bits per heavy atom. The van der Waals surface area contributed by atoms with Gasteiger partial charge in [-0.3, -0.25) is 14.6 Å². The van der Waals surface area contributed by atoms with Gasteiger partial charge in [0, 0.05) is 19.4 Å². The number of halogens is 1. The molecule has 6 heteroatoms. The molecule has 1 atom stereocenters. The Bertz CT molecular complexity index is 477. The molecule has 2 rings (SSSR count). The van der Waals surface area contributed by atoms with Crippen molar-refractivity contribution < 1.29 is 0 Å². The van der Waals surface area contributed by atoms with Crippen LogP contribution in [0.1, 0.15) is 30.8 Å². The van der Waals surface area contributed by atoms with Crippen LogP contribution in [0, 0.1) is 0 Å². The fourth-order valence-electron chi connectivity index (χ4n) is 1.83. The summed E-state index contributed by atoms with van der Waals surface area (Å²) in [6.45, 7) is 3.05. The summed E-state index contributed by atoms with van der Waals surface area (Å²) in [5, 5.41) is 7.73. The van der Waals surface area contributed by atoms with Gasteiger partial charge in [-0.15, -0.1) is 0 Å². The molecule has 0 saturated carbocycles. The molecule has 0 bridgehead atoms. The summed E-state index contributed by atoms with van der Waals surface area (Å²) in [5.74, 6) is 0. The average molecular weight is 310 g/mol. The molecule has 18 heavy (non-hydrogen) atoms. The molecule has 1 unspecified atom stereocenters. The zero-order valence-corrected chi connectivity index (χ0v) is 12.1. The van der Waals surface area contributed by atoms with E-state index in [2.05, 4.69) is 43.2 Å². The Kier molecular flexibility index (Phi) is 4.43. The highest BCUT2D eigenvalue weighted by Crippen LogP contribution is 2.26. The molecule has 0 aromatic carbocycles. The Hall–Kier alpha value is -1.27. The van der Waals surface area contributed by atoms with E-state index in [-0.39, 0.29) is 6.04 Å². The summed E-state index contributed by atoms with van der Waals surface area (Å²) in [6, 6.07) is 0.000486. The van der Waals surface area contributed by atoms with Crippen LogP contribution in [-0.2, 0) is 7.05 Å². The highest BCUT2D eigenvalue weighted by atomic mass is 79.9. The Labute approximate surface area is 115 Å². The van der Waals surface area contributed by atoms with Crippen LogP contribution in [0.15, 0.2) is 29.3 Å². The first-order chi connectivity index (χ1) is 8.74. The molecule has 2 aromatic rings. The molecular formula is C12H16BrN5. The van der Waals surface area contributed by atoms with E-state index in [4.69, 9.17) is 0 Å². The van der Waals surface area contributed by atoms with Crippen molar-refractivity contribution in [2.45, 2.75) is 19.4 Å². The van der Waals surface area contributed by atoms with Crippen LogP contribution in [0.5, 0.6) is 0 Å². The van der Waals surface area contributed by atoms with Crippen molar-refractivity contribution in [3.8, 4) is 0 Å². The topological polar surface area (TPSA) is 55.6 Å². The molecule has 96 valence electrons. The second-order valence-corrected chi connectivity index (χ2v) is 4.87. The van der Waals surface area contributed by atoms with Gasteiger partial charge in [-0.25, -0.2) is 0 Å². The van der Waals surface area contributed by atoms with Crippen molar-refractivity contribution in [3.63, 3.8) is 0 Å². The second-order valence-electron chi connectivity index (χ2n) is 4.02. The van der Waals surface area contributed by atoms with E-state index in [1.54, 1.807) is 24.8 Å². The van der Waals surface area contributed by atoms with Crippen molar-refractivity contribution in [2.24, 2.45) is 7.05 Å². The molecule has 0 saturated heterocycles. The van der Waals surface area contributed by atoms with Gasteiger partial charge in [0.2, 0.25) is 0 Å². The Morgan fingerprint density at radius 3 is 2.78 bits per heavy atom. The summed E-state index contributed by atoms with van der Waals surface area (Å²) in [7, 11) is 1.93. The fourth-order valence-corrected chi connectivity index (χ4v) is 2.41. The normalized spacial score (nSPS) is 12.6. The second kappa shape index (κ2) is 6.06. The lowest BCUT2D eigenvalue weighted by molar-refractivity contribution is 0.540. The summed E-state index contributed by atoms with van der Waals surface area (Å²) in [5.41, 5.74) is 1.96. The number of nitrogens with one attached hydrogen (secondary N) is 1. The van der Waals surface area contributed by atoms with Crippen molar-refractivity contribution in [1.82, 2.24) is 25.1 Å². The van der Waals surface area contributed by atoms with Gasteiger partial charge in [-0.1, -0.05) is 6.92 Å². The molecule has 0 fully saturated rings. The van der Waals surface area contributed by atoms with Gasteiger partial charge in [-0.2, -0.15) is 5.10 Å². The maximum atomic E-state index is 4.38. The molecular weight excluding hydrogens is 294 g/mol. The minimum absolute atomic E-state index is 0.000486. The Morgan fingerprint density at radius 2 is 2.22 bits per heavy atom.